The largest absolute Gasteiger partial charge is 0.480 e. The van der Waals surface area contributed by atoms with Crippen LogP contribution in [0.15, 0.2) is 30.3 Å². The van der Waals surface area contributed by atoms with E-state index in [9.17, 15) is 9.18 Å². The van der Waals surface area contributed by atoms with Gasteiger partial charge < -0.3 is 5.11 Å². The van der Waals surface area contributed by atoms with Crippen molar-refractivity contribution < 1.29 is 14.3 Å². The summed E-state index contributed by atoms with van der Waals surface area (Å²) in [6, 6.07) is 8.56. The second kappa shape index (κ2) is 2.55. The van der Waals surface area contributed by atoms with Gasteiger partial charge in [-0.1, -0.05) is 30.3 Å². The van der Waals surface area contributed by atoms with E-state index in [4.69, 9.17) is 5.11 Å². The van der Waals surface area contributed by atoms with E-state index in [1.807, 2.05) is 0 Å². The van der Waals surface area contributed by atoms with Crippen molar-refractivity contribution in [3.63, 3.8) is 0 Å². The first kappa shape index (κ1) is 8.23. The summed E-state index contributed by atoms with van der Waals surface area (Å²) in [6.07, 6.45) is -1.13. The van der Waals surface area contributed by atoms with Crippen molar-refractivity contribution in [3.05, 3.63) is 35.9 Å². The van der Waals surface area contributed by atoms with Crippen molar-refractivity contribution >= 4 is 5.97 Å². The van der Waals surface area contributed by atoms with Crippen molar-refractivity contribution in [3.8, 4) is 0 Å². The van der Waals surface area contributed by atoms with Crippen LogP contribution in [0.25, 0.3) is 0 Å². The summed E-state index contributed by atoms with van der Waals surface area (Å²) < 4.78 is 13.0. The maximum atomic E-state index is 13.0. The number of halogens is 1. The Hall–Kier alpha value is -1.38. The molecule has 1 unspecified atom stereocenters. The topological polar surface area (TPSA) is 37.3 Å². The molecule has 0 spiro atoms. The summed E-state index contributed by atoms with van der Waals surface area (Å²) >= 11 is 0. The highest BCUT2D eigenvalue weighted by Gasteiger charge is 2.62. The molecule has 3 heteroatoms. The smallest absolute Gasteiger partial charge is 0.317 e. The van der Waals surface area contributed by atoms with Crippen LogP contribution in [-0.2, 0) is 10.2 Å². The number of aliphatic carboxylic acids is 1. The first-order chi connectivity index (χ1) is 6.18. The highest BCUT2D eigenvalue weighted by Crippen LogP contribution is 2.50. The van der Waals surface area contributed by atoms with Gasteiger partial charge in [-0.25, -0.2) is 4.39 Å². The molecule has 0 amide bonds. The molecule has 0 radical (unpaired) electrons. The monoisotopic (exact) mass is 180 g/mol. The number of carbonyl (C=O) groups is 1. The molecule has 13 heavy (non-hydrogen) atoms. The molecule has 1 aliphatic rings. The fraction of sp³-hybridized carbons (Fsp3) is 0.300. The predicted octanol–water partition coefficient (Wildman–Crippen LogP) is 1.75. The van der Waals surface area contributed by atoms with E-state index in [0.717, 1.165) is 0 Å². The fourth-order valence-corrected chi connectivity index (χ4v) is 1.60. The molecule has 0 saturated heterocycles. The highest BCUT2D eigenvalue weighted by molar-refractivity contribution is 5.86. The van der Waals surface area contributed by atoms with Crippen molar-refractivity contribution in [1.82, 2.24) is 0 Å². The van der Waals surface area contributed by atoms with Crippen LogP contribution in [0, 0.1) is 0 Å². The van der Waals surface area contributed by atoms with Crippen molar-refractivity contribution in [2.45, 2.75) is 18.0 Å². The van der Waals surface area contributed by atoms with E-state index in [1.54, 1.807) is 30.3 Å². The van der Waals surface area contributed by atoms with E-state index >= 15 is 0 Å². The minimum atomic E-state index is -1.25. The molecule has 0 aromatic heterocycles. The molecule has 1 N–H and O–H groups in total. The van der Waals surface area contributed by atoms with Crippen molar-refractivity contribution in [1.29, 1.82) is 0 Å². The lowest BCUT2D eigenvalue weighted by Crippen LogP contribution is -2.22. The van der Waals surface area contributed by atoms with Crippen LogP contribution in [0.3, 0.4) is 0 Å². The Morgan fingerprint density at radius 1 is 1.46 bits per heavy atom. The summed E-state index contributed by atoms with van der Waals surface area (Å²) in [7, 11) is 0. The van der Waals surface area contributed by atoms with Crippen LogP contribution >= 0.6 is 0 Å². The van der Waals surface area contributed by atoms with Gasteiger partial charge in [0.15, 0.2) is 0 Å². The molecule has 68 valence electrons. The Morgan fingerprint density at radius 3 is 2.38 bits per heavy atom. The van der Waals surface area contributed by atoms with E-state index in [0.29, 0.717) is 5.56 Å². The molecular weight excluding hydrogens is 171 g/mol. The van der Waals surface area contributed by atoms with Gasteiger partial charge in [0.1, 0.15) is 11.6 Å². The van der Waals surface area contributed by atoms with E-state index in [-0.39, 0.29) is 6.42 Å². The third-order valence-corrected chi connectivity index (χ3v) is 2.55. The van der Waals surface area contributed by atoms with Gasteiger partial charge in [-0.2, -0.15) is 0 Å². The Kier molecular flexibility index (Phi) is 1.62. The average molecular weight is 180 g/mol. The minimum absolute atomic E-state index is 0.104. The molecule has 2 atom stereocenters. The number of rotatable bonds is 2. The number of alkyl halides is 1. The van der Waals surface area contributed by atoms with E-state index < -0.39 is 17.6 Å². The predicted molar refractivity (Wildman–Crippen MR) is 45.3 cm³/mol. The normalized spacial score (nSPS) is 31.3. The number of carboxylic acid groups (broad SMARTS) is 1. The van der Waals surface area contributed by atoms with Gasteiger partial charge >= 0.3 is 5.97 Å². The first-order valence-electron chi connectivity index (χ1n) is 4.11. The Balaban J connectivity index is 2.40. The first-order valence-corrected chi connectivity index (χ1v) is 4.11. The fourth-order valence-electron chi connectivity index (χ4n) is 1.60. The molecule has 0 bridgehead atoms. The molecule has 1 fully saturated rings. The summed E-state index contributed by atoms with van der Waals surface area (Å²) in [5, 5.41) is 8.89. The highest BCUT2D eigenvalue weighted by atomic mass is 19.1. The van der Waals surface area contributed by atoms with Crippen LogP contribution < -0.4 is 0 Å². The Bertz CT molecular complexity index is 336. The van der Waals surface area contributed by atoms with Gasteiger partial charge in [-0.15, -0.1) is 0 Å². The maximum Gasteiger partial charge on any atom is 0.317 e. The molecule has 1 saturated carbocycles. The second-order valence-corrected chi connectivity index (χ2v) is 3.31. The molecule has 1 aliphatic carbocycles. The lowest BCUT2D eigenvalue weighted by molar-refractivity contribution is -0.140. The number of carboxylic acids is 1. The lowest BCUT2D eigenvalue weighted by Gasteiger charge is -2.08. The summed E-state index contributed by atoms with van der Waals surface area (Å²) in [6.45, 7) is 0. The minimum Gasteiger partial charge on any atom is -0.480 e. The molecule has 1 aromatic carbocycles. The van der Waals surface area contributed by atoms with Crippen LogP contribution in [-0.4, -0.2) is 17.2 Å². The van der Waals surface area contributed by atoms with Crippen LogP contribution in [0.2, 0.25) is 0 Å². The van der Waals surface area contributed by atoms with Gasteiger partial charge in [-0.3, -0.25) is 4.79 Å². The molecule has 0 aliphatic heterocycles. The third-order valence-electron chi connectivity index (χ3n) is 2.55. The summed E-state index contributed by atoms with van der Waals surface area (Å²) in [4.78, 5) is 10.9. The number of hydrogen-bond acceptors (Lipinski definition) is 1. The SMILES string of the molecule is O=C(O)[C@]1(c2ccccc2)CC1F. The summed E-state index contributed by atoms with van der Waals surface area (Å²) in [5.41, 5.74) is -0.684. The van der Waals surface area contributed by atoms with Crippen molar-refractivity contribution in [2.75, 3.05) is 0 Å². The van der Waals surface area contributed by atoms with Crippen LogP contribution in [0.4, 0.5) is 4.39 Å². The zero-order chi connectivity index (χ0) is 9.47. The molecule has 0 heterocycles. The maximum absolute atomic E-state index is 13.0. The van der Waals surface area contributed by atoms with Crippen LogP contribution in [0.1, 0.15) is 12.0 Å². The molecule has 2 nitrogen and oxygen atoms in total. The van der Waals surface area contributed by atoms with Gasteiger partial charge in [0, 0.05) is 6.42 Å². The third kappa shape index (κ3) is 1.03. The van der Waals surface area contributed by atoms with Crippen molar-refractivity contribution in [2.24, 2.45) is 0 Å². The second-order valence-electron chi connectivity index (χ2n) is 3.31. The molecule has 2 rings (SSSR count). The van der Waals surface area contributed by atoms with E-state index in [2.05, 4.69) is 0 Å². The zero-order valence-corrected chi connectivity index (χ0v) is 6.90. The lowest BCUT2D eigenvalue weighted by atomic mass is 9.96. The average Bonchev–Trinajstić information content (AvgIpc) is 2.80. The van der Waals surface area contributed by atoms with Gasteiger partial charge in [0.05, 0.1) is 0 Å². The number of hydrogen-bond donors (Lipinski definition) is 1. The van der Waals surface area contributed by atoms with E-state index in [1.165, 1.54) is 0 Å². The quantitative estimate of drug-likeness (QED) is 0.752. The van der Waals surface area contributed by atoms with Gasteiger partial charge in [0.25, 0.3) is 0 Å². The number of benzene rings is 1. The Labute approximate surface area is 75.0 Å². The van der Waals surface area contributed by atoms with Gasteiger partial charge in [-0.05, 0) is 5.56 Å². The molecule has 1 aromatic rings. The summed E-state index contributed by atoms with van der Waals surface area (Å²) in [5.74, 6) is -1.06. The van der Waals surface area contributed by atoms with Crippen LogP contribution in [0.5, 0.6) is 0 Å². The van der Waals surface area contributed by atoms with Gasteiger partial charge in [0.2, 0.25) is 0 Å². The Morgan fingerprint density at radius 2 is 2.00 bits per heavy atom. The molecular formula is C10H9FO2. The standard InChI is InChI=1S/C10H9FO2/c11-8-6-10(8,9(12)13)7-4-2-1-3-5-7/h1-5,8H,6H2,(H,12,13)/t8?,10-/m0/s1. The zero-order valence-electron chi connectivity index (χ0n) is 6.90.